The van der Waals surface area contributed by atoms with Gasteiger partial charge in [0, 0.05) is 22.7 Å². The third kappa shape index (κ3) is 5.36. The number of nitrogens with zero attached hydrogens (tertiary/aromatic N) is 4. The third-order valence-corrected chi connectivity index (χ3v) is 6.43. The van der Waals surface area contributed by atoms with Crippen molar-refractivity contribution in [1.29, 1.82) is 0 Å². The molecule has 3 aromatic carbocycles. The molecule has 0 aromatic heterocycles. The zero-order valence-corrected chi connectivity index (χ0v) is 22.9. The van der Waals surface area contributed by atoms with Gasteiger partial charge in [-0.1, -0.05) is 18.2 Å². The Morgan fingerprint density at radius 1 is 0.865 bits per heavy atom. The van der Waals surface area contributed by atoms with Crippen molar-refractivity contribution in [2.75, 3.05) is 23.9 Å². The van der Waals surface area contributed by atoms with E-state index in [0.717, 1.165) is 23.4 Å². The molecular formula is C28H25F3N4OPt. The minimum absolute atomic E-state index is 0. The van der Waals surface area contributed by atoms with E-state index < -0.39 is 11.7 Å². The van der Waals surface area contributed by atoms with Crippen molar-refractivity contribution in [2.45, 2.75) is 25.6 Å². The van der Waals surface area contributed by atoms with Gasteiger partial charge in [-0.15, -0.1) is 47.8 Å². The molecule has 5 nitrogen and oxygen atoms in total. The van der Waals surface area contributed by atoms with Crippen molar-refractivity contribution in [3.8, 4) is 11.5 Å². The Balaban J connectivity index is 0.00000320. The molecule has 0 spiro atoms. The molecule has 37 heavy (non-hydrogen) atoms. The van der Waals surface area contributed by atoms with E-state index in [9.17, 15) is 13.2 Å². The van der Waals surface area contributed by atoms with Crippen LogP contribution >= 0.6 is 0 Å². The third-order valence-electron chi connectivity index (χ3n) is 6.43. The van der Waals surface area contributed by atoms with E-state index in [2.05, 4.69) is 36.9 Å². The van der Waals surface area contributed by atoms with Crippen LogP contribution in [0.25, 0.3) is 0 Å². The van der Waals surface area contributed by atoms with Gasteiger partial charge < -0.3 is 24.3 Å². The SMILES string of the molecule is CN1C=CN(c2[c-]c(Oc3[c-]c(N4[CH-]N(C)C(C)(C)c5ccccc54)ccc3)cc(C(F)(F)F)c2)[CH-]1.[Pt+4]. The molecule has 2 heterocycles. The average molecular weight is 686 g/mol. The largest absolute Gasteiger partial charge is 4.00 e. The van der Waals surface area contributed by atoms with Crippen LogP contribution in [0.15, 0.2) is 67.0 Å². The average Bonchev–Trinajstić information content (AvgIpc) is 3.27. The summed E-state index contributed by atoms with van der Waals surface area (Å²) in [6, 6.07) is 21.6. The minimum atomic E-state index is -4.53. The number of para-hydroxylation sites is 1. The standard InChI is InChI=1S/C28H25F3N4O.Pt/c1-27(2)25-10-5-6-11-26(25)35(19-33(27)4)21-8-7-9-23(16-21)36-24-15-20(28(29,30)31)14-22(17-24)34-13-12-32(3)18-34;/h5-15,18-19H,1-4H3;/q-4;+4. The van der Waals surface area contributed by atoms with Gasteiger partial charge in [0.15, 0.2) is 0 Å². The summed E-state index contributed by atoms with van der Waals surface area (Å²) in [7, 11) is 3.79. The van der Waals surface area contributed by atoms with Crippen LogP contribution in [0, 0.1) is 25.5 Å². The molecule has 5 rings (SSSR count). The summed E-state index contributed by atoms with van der Waals surface area (Å²) in [5.41, 5.74) is 2.04. The van der Waals surface area contributed by atoms with E-state index in [4.69, 9.17) is 4.74 Å². The Kier molecular flexibility index (Phi) is 7.37. The molecule has 0 bridgehead atoms. The van der Waals surface area contributed by atoms with Gasteiger partial charge in [0.1, 0.15) is 0 Å². The number of halogens is 3. The Morgan fingerprint density at radius 2 is 1.59 bits per heavy atom. The van der Waals surface area contributed by atoms with Crippen LogP contribution in [0.5, 0.6) is 11.5 Å². The molecule has 194 valence electrons. The quantitative estimate of drug-likeness (QED) is 0.279. The Labute approximate surface area is 230 Å². The number of benzene rings is 3. The monoisotopic (exact) mass is 685 g/mol. The van der Waals surface area contributed by atoms with E-state index in [0.29, 0.717) is 5.69 Å². The maximum absolute atomic E-state index is 13.6. The molecule has 9 heteroatoms. The summed E-state index contributed by atoms with van der Waals surface area (Å²) >= 11 is 0. The zero-order chi connectivity index (χ0) is 25.7. The van der Waals surface area contributed by atoms with E-state index in [1.54, 1.807) is 48.0 Å². The summed E-state index contributed by atoms with van der Waals surface area (Å²) in [6.07, 6.45) is -1.14. The van der Waals surface area contributed by atoms with Gasteiger partial charge in [-0.25, -0.2) is 0 Å². The van der Waals surface area contributed by atoms with Gasteiger partial charge in [-0.3, -0.25) is 0 Å². The van der Waals surface area contributed by atoms with E-state index in [1.807, 2.05) is 42.9 Å². The fourth-order valence-electron chi connectivity index (χ4n) is 4.20. The molecule has 3 aromatic rings. The molecule has 0 radical (unpaired) electrons. The number of ether oxygens (including phenoxy) is 1. The molecule has 0 saturated heterocycles. The van der Waals surface area contributed by atoms with E-state index in [1.165, 1.54) is 0 Å². The van der Waals surface area contributed by atoms with E-state index >= 15 is 0 Å². The van der Waals surface area contributed by atoms with Crippen LogP contribution in [0.2, 0.25) is 0 Å². The molecule has 0 N–H and O–H groups in total. The van der Waals surface area contributed by atoms with Crippen molar-refractivity contribution in [2.24, 2.45) is 0 Å². The maximum atomic E-state index is 13.6. The normalized spacial score (nSPS) is 17.0. The molecular weight excluding hydrogens is 660 g/mol. The second kappa shape index (κ2) is 10.1. The number of alkyl halides is 3. The molecule has 2 aliphatic rings. The van der Waals surface area contributed by atoms with Crippen molar-refractivity contribution in [1.82, 2.24) is 9.80 Å². The molecule has 0 amide bonds. The van der Waals surface area contributed by atoms with Crippen molar-refractivity contribution < 1.29 is 39.0 Å². The van der Waals surface area contributed by atoms with Gasteiger partial charge in [-0.05, 0) is 57.5 Å². The van der Waals surface area contributed by atoms with Crippen LogP contribution in [0.4, 0.5) is 30.2 Å². The van der Waals surface area contributed by atoms with Gasteiger partial charge >= 0.3 is 27.2 Å². The Morgan fingerprint density at radius 3 is 2.30 bits per heavy atom. The number of hydrogen-bond donors (Lipinski definition) is 0. The topological polar surface area (TPSA) is 22.2 Å². The second-order valence-corrected chi connectivity index (χ2v) is 9.28. The Bertz CT molecular complexity index is 1310. The summed E-state index contributed by atoms with van der Waals surface area (Å²) in [5, 5.41) is 0. The van der Waals surface area contributed by atoms with Gasteiger partial charge in [0.05, 0.1) is 0 Å². The number of fused-ring (bicyclic) bond motifs is 1. The molecule has 0 atom stereocenters. The second-order valence-electron chi connectivity index (χ2n) is 9.28. The van der Waals surface area contributed by atoms with Crippen LogP contribution in [0.1, 0.15) is 25.0 Å². The van der Waals surface area contributed by atoms with Crippen LogP contribution in [0.3, 0.4) is 0 Å². The van der Waals surface area contributed by atoms with Crippen molar-refractivity contribution in [3.05, 3.63) is 104 Å². The number of hydrogen-bond acceptors (Lipinski definition) is 5. The van der Waals surface area contributed by atoms with Crippen LogP contribution < -0.4 is 14.5 Å². The molecule has 0 unspecified atom stereocenters. The predicted molar refractivity (Wildman–Crippen MR) is 133 cm³/mol. The predicted octanol–water partition coefficient (Wildman–Crippen LogP) is 6.88. The first-order valence-electron chi connectivity index (χ1n) is 11.4. The minimum Gasteiger partial charge on any atom is -0.510 e. The molecule has 2 aliphatic heterocycles. The van der Waals surface area contributed by atoms with Crippen molar-refractivity contribution in [3.63, 3.8) is 0 Å². The van der Waals surface area contributed by atoms with Gasteiger partial charge in [0.25, 0.3) is 0 Å². The first-order valence-corrected chi connectivity index (χ1v) is 11.4. The Hall–Kier alpha value is -2.96. The summed E-state index contributed by atoms with van der Waals surface area (Å²) in [4.78, 5) is 7.39. The number of anilines is 3. The van der Waals surface area contributed by atoms with Crippen LogP contribution in [-0.4, -0.2) is 23.9 Å². The van der Waals surface area contributed by atoms with Gasteiger partial charge in [0.2, 0.25) is 0 Å². The summed E-state index contributed by atoms with van der Waals surface area (Å²) in [6.45, 7) is 7.94. The zero-order valence-electron chi connectivity index (χ0n) is 20.7. The van der Waals surface area contributed by atoms with Crippen LogP contribution in [-0.2, 0) is 32.8 Å². The fourth-order valence-corrected chi connectivity index (χ4v) is 4.20. The molecule has 0 aliphatic carbocycles. The first-order chi connectivity index (χ1) is 17.0. The summed E-state index contributed by atoms with van der Waals surface area (Å²) < 4.78 is 46.8. The van der Waals surface area contributed by atoms with E-state index in [-0.39, 0.29) is 43.8 Å². The van der Waals surface area contributed by atoms with Crippen molar-refractivity contribution >= 4 is 17.1 Å². The first kappa shape index (κ1) is 27.1. The smallest absolute Gasteiger partial charge is 0.510 e. The maximum Gasteiger partial charge on any atom is 4.00 e. The fraction of sp³-hybridized carbons (Fsp3) is 0.214. The summed E-state index contributed by atoms with van der Waals surface area (Å²) in [5.74, 6) is 0.233. The van der Waals surface area contributed by atoms with Gasteiger partial charge in [-0.2, -0.15) is 32.6 Å². The molecule has 0 fully saturated rings. The molecule has 0 saturated carbocycles. The number of rotatable bonds is 4.